The molecule has 0 radical (unpaired) electrons. The number of carbonyl (C=O) groups is 1. The lowest BCUT2D eigenvalue weighted by atomic mass is 10.1. The Morgan fingerprint density at radius 3 is 2.33 bits per heavy atom. The Labute approximate surface area is 106 Å². The van der Waals surface area contributed by atoms with Crippen molar-refractivity contribution in [3.8, 4) is 6.07 Å². The molecule has 18 heavy (non-hydrogen) atoms. The molecular weight excluding hydrogens is 230 g/mol. The molecule has 1 aliphatic rings. The number of hydrogen-bond donors (Lipinski definition) is 1. The van der Waals surface area contributed by atoms with Crippen LogP contribution in [0.15, 0.2) is 30.3 Å². The summed E-state index contributed by atoms with van der Waals surface area (Å²) in [7, 11) is 0. The average molecular weight is 245 g/mol. The Bertz CT molecular complexity index is 447. The first-order valence-corrected chi connectivity index (χ1v) is 5.89. The number of rotatable bonds is 2. The van der Waals surface area contributed by atoms with Gasteiger partial charge in [0.05, 0.1) is 6.07 Å². The molecule has 0 bridgehead atoms. The second kappa shape index (κ2) is 5.52. The van der Waals surface area contributed by atoms with Gasteiger partial charge in [-0.1, -0.05) is 30.3 Å². The van der Waals surface area contributed by atoms with Crippen molar-refractivity contribution in [3.05, 3.63) is 35.9 Å². The molecule has 0 aliphatic carbocycles. The molecule has 5 heteroatoms. The van der Waals surface area contributed by atoms with Crippen LogP contribution in [0.2, 0.25) is 0 Å². The summed E-state index contributed by atoms with van der Waals surface area (Å²) >= 11 is 0. The van der Waals surface area contributed by atoms with E-state index in [4.69, 9.17) is 5.11 Å². The fourth-order valence-electron chi connectivity index (χ4n) is 2.17. The quantitative estimate of drug-likeness (QED) is 0.858. The first-order chi connectivity index (χ1) is 8.72. The van der Waals surface area contributed by atoms with Crippen LogP contribution in [0.25, 0.3) is 0 Å². The molecule has 1 unspecified atom stereocenters. The predicted molar refractivity (Wildman–Crippen MR) is 66.0 cm³/mol. The second-order valence-corrected chi connectivity index (χ2v) is 4.25. The Balaban J connectivity index is 2.04. The number of amides is 1. The summed E-state index contributed by atoms with van der Waals surface area (Å²) in [6.07, 6.45) is -0.886. The van der Waals surface area contributed by atoms with E-state index in [0.717, 1.165) is 5.56 Å². The van der Waals surface area contributed by atoms with Crippen LogP contribution in [-0.4, -0.2) is 47.2 Å². The van der Waals surface area contributed by atoms with Gasteiger partial charge in [0, 0.05) is 26.2 Å². The SMILES string of the molecule is N#CC(c1ccccc1)N1CCN(C(=O)O)CC1. The van der Waals surface area contributed by atoms with Crippen molar-refractivity contribution < 1.29 is 9.90 Å². The smallest absolute Gasteiger partial charge is 0.407 e. The van der Waals surface area contributed by atoms with E-state index in [9.17, 15) is 10.1 Å². The minimum Gasteiger partial charge on any atom is -0.465 e. The minimum atomic E-state index is -0.886. The molecule has 1 heterocycles. The molecule has 2 rings (SSSR count). The number of carboxylic acid groups (broad SMARTS) is 1. The van der Waals surface area contributed by atoms with Gasteiger partial charge < -0.3 is 10.0 Å². The molecule has 1 aromatic carbocycles. The zero-order chi connectivity index (χ0) is 13.0. The first kappa shape index (κ1) is 12.4. The molecule has 5 nitrogen and oxygen atoms in total. The number of benzene rings is 1. The van der Waals surface area contributed by atoms with Crippen molar-refractivity contribution in [2.75, 3.05) is 26.2 Å². The zero-order valence-electron chi connectivity index (χ0n) is 9.99. The van der Waals surface area contributed by atoms with Gasteiger partial charge in [-0.05, 0) is 5.56 Å². The largest absolute Gasteiger partial charge is 0.465 e. The second-order valence-electron chi connectivity index (χ2n) is 4.25. The van der Waals surface area contributed by atoms with E-state index in [-0.39, 0.29) is 6.04 Å². The maximum atomic E-state index is 10.8. The van der Waals surface area contributed by atoms with Crippen LogP contribution in [0, 0.1) is 11.3 Å². The summed E-state index contributed by atoms with van der Waals surface area (Å²) in [4.78, 5) is 14.2. The normalized spacial score (nSPS) is 18.1. The molecule has 1 aliphatic heterocycles. The highest BCUT2D eigenvalue weighted by molar-refractivity contribution is 5.65. The van der Waals surface area contributed by atoms with Crippen LogP contribution in [0.5, 0.6) is 0 Å². The lowest BCUT2D eigenvalue weighted by molar-refractivity contribution is 0.0959. The van der Waals surface area contributed by atoms with Crippen LogP contribution in [0.4, 0.5) is 4.79 Å². The Hall–Kier alpha value is -2.06. The van der Waals surface area contributed by atoms with Crippen LogP contribution >= 0.6 is 0 Å². The van der Waals surface area contributed by atoms with Crippen LogP contribution in [0.3, 0.4) is 0 Å². The fourth-order valence-corrected chi connectivity index (χ4v) is 2.17. The monoisotopic (exact) mass is 245 g/mol. The summed E-state index contributed by atoms with van der Waals surface area (Å²) in [5.41, 5.74) is 0.962. The highest BCUT2D eigenvalue weighted by atomic mass is 16.4. The van der Waals surface area contributed by atoms with Gasteiger partial charge in [0.25, 0.3) is 0 Å². The van der Waals surface area contributed by atoms with Gasteiger partial charge in [-0.15, -0.1) is 0 Å². The highest BCUT2D eigenvalue weighted by Gasteiger charge is 2.26. The zero-order valence-corrected chi connectivity index (χ0v) is 9.99. The van der Waals surface area contributed by atoms with Crippen molar-refractivity contribution in [2.24, 2.45) is 0 Å². The third-order valence-corrected chi connectivity index (χ3v) is 3.19. The van der Waals surface area contributed by atoms with E-state index in [1.54, 1.807) is 0 Å². The lowest BCUT2D eigenvalue weighted by Gasteiger charge is -2.35. The third-order valence-electron chi connectivity index (χ3n) is 3.19. The van der Waals surface area contributed by atoms with Gasteiger partial charge in [0.2, 0.25) is 0 Å². The van der Waals surface area contributed by atoms with Gasteiger partial charge in [-0.3, -0.25) is 4.90 Å². The Kier molecular flexibility index (Phi) is 3.80. The van der Waals surface area contributed by atoms with Crippen LogP contribution < -0.4 is 0 Å². The molecule has 1 aromatic rings. The topological polar surface area (TPSA) is 67.6 Å². The summed E-state index contributed by atoms with van der Waals surface area (Å²) < 4.78 is 0. The standard InChI is InChI=1S/C13H15N3O2/c14-10-12(11-4-2-1-3-5-11)15-6-8-16(9-7-15)13(17)18/h1-5,12H,6-9H2,(H,17,18). The van der Waals surface area contributed by atoms with Gasteiger partial charge in [-0.25, -0.2) is 4.79 Å². The first-order valence-electron chi connectivity index (χ1n) is 5.89. The van der Waals surface area contributed by atoms with Crippen molar-refractivity contribution in [2.45, 2.75) is 6.04 Å². The molecule has 1 fully saturated rings. The van der Waals surface area contributed by atoms with E-state index in [0.29, 0.717) is 26.2 Å². The van der Waals surface area contributed by atoms with Gasteiger partial charge in [-0.2, -0.15) is 5.26 Å². The molecule has 1 saturated heterocycles. The number of nitrogens with zero attached hydrogens (tertiary/aromatic N) is 3. The molecule has 94 valence electrons. The van der Waals surface area contributed by atoms with E-state index < -0.39 is 6.09 Å². The van der Waals surface area contributed by atoms with Crippen molar-refractivity contribution in [3.63, 3.8) is 0 Å². The predicted octanol–water partition coefficient (Wildman–Crippen LogP) is 1.55. The molecule has 1 atom stereocenters. The van der Waals surface area contributed by atoms with E-state index in [1.807, 2.05) is 35.2 Å². The van der Waals surface area contributed by atoms with Gasteiger partial charge in [0.1, 0.15) is 6.04 Å². The van der Waals surface area contributed by atoms with Crippen LogP contribution in [-0.2, 0) is 0 Å². The average Bonchev–Trinajstić information content (AvgIpc) is 2.41. The Morgan fingerprint density at radius 2 is 1.83 bits per heavy atom. The van der Waals surface area contributed by atoms with E-state index in [1.165, 1.54) is 4.90 Å². The lowest BCUT2D eigenvalue weighted by Crippen LogP contribution is -2.49. The van der Waals surface area contributed by atoms with Gasteiger partial charge in [0.15, 0.2) is 0 Å². The summed E-state index contributed by atoms with van der Waals surface area (Å²) in [5.74, 6) is 0. The van der Waals surface area contributed by atoms with E-state index >= 15 is 0 Å². The van der Waals surface area contributed by atoms with Crippen molar-refractivity contribution >= 4 is 6.09 Å². The number of piperazine rings is 1. The summed E-state index contributed by atoms with van der Waals surface area (Å²) in [6, 6.07) is 11.6. The molecule has 1 N–H and O–H groups in total. The summed E-state index contributed by atoms with van der Waals surface area (Å²) in [5, 5.41) is 18.2. The van der Waals surface area contributed by atoms with Crippen molar-refractivity contribution in [1.82, 2.24) is 9.80 Å². The number of nitriles is 1. The molecule has 1 amide bonds. The highest BCUT2D eigenvalue weighted by Crippen LogP contribution is 2.21. The van der Waals surface area contributed by atoms with Crippen molar-refractivity contribution in [1.29, 1.82) is 5.26 Å². The number of hydrogen-bond acceptors (Lipinski definition) is 3. The summed E-state index contributed by atoms with van der Waals surface area (Å²) in [6.45, 7) is 2.11. The maximum absolute atomic E-state index is 10.8. The fraction of sp³-hybridized carbons (Fsp3) is 0.385. The van der Waals surface area contributed by atoms with Crippen LogP contribution in [0.1, 0.15) is 11.6 Å². The maximum Gasteiger partial charge on any atom is 0.407 e. The molecule has 0 spiro atoms. The molecule has 0 aromatic heterocycles. The minimum absolute atomic E-state index is 0.290. The molecule has 0 saturated carbocycles. The molecular formula is C13H15N3O2. The third kappa shape index (κ3) is 2.60. The van der Waals surface area contributed by atoms with Gasteiger partial charge >= 0.3 is 6.09 Å². The Morgan fingerprint density at radius 1 is 1.22 bits per heavy atom. The van der Waals surface area contributed by atoms with E-state index in [2.05, 4.69) is 6.07 Å².